The Labute approximate surface area is 119 Å². The van der Waals surface area contributed by atoms with E-state index in [2.05, 4.69) is 26.1 Å². The maximum absolute atomic E-state index is 5.62. The van der Waals surface area contributed by atoms with Crippen LogP contribution in [0.1, 0.15) is 24.1 Å². The van der Waals surface area contributed by atoms with Gasteiger partial charge in [-0.25, -0.2) is 0 Å². The molecule has 0 amide bonds. The molecular formula is C13H13BrN2O3. The lowest BCUT2D eigenvalue weighted by molar-refractivity contribution is 0.192. The minimum atomic E-state index is 0.251. The fourth-order valence-corrected chi connectivity index (χ4v) is 2.33. The number of rotatable bonds is 4. The number of benzene rings is 1. The van der Waals surface area contributed by atoms with E-state index < -0.39 is 0 Å². The number of hydrogen-bond acceptors (Lipinski definition) is 5. The standard InChI is InChI=1S/C13H13BrN2O3/c14-10-3-1-2-4-11(10)18-8-12-15-13(16-19-12)9-5-6-17-7-9/h1-4,9H,5-8H2/t9-/m0/s1. The fraction of sp³-hybridized carbons (Fsp3) is 0.385. The van der Waals surface area contributed by atoms with Gasteiger partial charge in [-0.05, 0) is 34.5 Å². The molecule has 3 rings (SSSR count). The highest BCUT2D eigenvalue weighted by Gasteiger charge is 2.23. The number of ether oxygens (including phenoxy) is 2. The molecule has 1 atom stereocenters. The van der Waals surface area contributed by atoms with Crippen molar-refractivity contribution in [2.45, 2.75) is 18.9 Å². The highest BCUT2D eigenvalue weighted by molar-refractivity contribution is 9.10. The summed E-state index contributed by atoms with van der Waals surface area (Å²) in [6.45, 7) is 1.70. The first-order chi connectivity index (χ1) is 9.33. The Morgan fingerprint density at radius 3 is 3.05 bits per heavy atom. The van der Waals surface area contributed by atoms with Gasteiger partial charge in [0, 0.05) is 12.5 Å². The van der Waals surface area contributed by atoms with Crippen LogP contribution in [0, 0.1) is 0 Å². The monoisotopic (exact) mass is 324 g/mol. The van der Waals surface area contributed by atoms with Gasteiger partial charge < -0.3 is 14.0 Å². The van der Waals surface area contributed by atoms with E-state index in [-0.39, 0.29) is 12.5 Å². The second-order valence-electron chi connectivity index (χ2n) is 4.33. The molecule has 0 radical (unpaired) electrons. The summed E-state index contributed by atoms with van der Waals surface area (Å²) in [5.41, 5.74) is 0. The predicted molar refractivity (Wildman–Crippen MR) is 70.9 cm³/mol. The van der Waals surface area contributed by atoms with Crippen LogP contribution in [0.15, 0.2) is 33.3 Å². The van der Waals surface area contributed by atoms with E-state index in [1.54, 1.807) is 0 Å². The third-order valence-electron chi connectivity index (χ3n) is 2.97. The molecule has 1 aliphatic heterocycles. The Kier molecular flexibility index (Phi) is 3.79. The lowest BCUT2D eigenvalue weighted by Crippen LogP contribution is -2.01. The number of nitrogens with zero attached hydrogens (tertiary/aromatic N) is 2. The van der Waals surface area contributed by atoms with Gasteiger partial charge >= 0.3 is 0 Å². The number of para-hydroxylation sites is 1. The zero-order chi connectivity index (χ0) is 13.1. The molecule has 0 saturated carbocycles. The van der Waals surface area contributed by atoms with Crippen molar-refractivity contribution in [1.29, 1.82) is 0 Å². The highest BCUT2D eigenvalue weighted by atomic mass is 79.9. The largest absolute Gasteiger partial charge is 0.483 e. The van der Waals surface area contributed by atoms with Crippen LogP contribution in [0.5, 0.6) is 5.75 Å². The molecule has 19 heavy (non-hydrogen) atoms. The summed E-state index contributed by atoms with van der Waals surface area (Å²) in [5, 5.41) is 3.98. The van der Waals surface area contributed by atoms with Crippen molar-refractivity contribution in [3.05, 3.63) is 40.5 Å². The Bertz CT molecular complexity index is 552. The first-order valence-corrected chi connectivity index (χ1v) is 6.90. The topological polar surface area (TPSA) is 57.4 Å². The van der Waals surface area contributed by atoms with Gasteiger partial charge in [-0.1, -0.05) is 17.3 Å². The molecule has 100 valence electrons. The van der Waals surface area contributed by atoms with Crippen LogP contribution in [0.3, 0.4) is 0 Å². The average molecular weight is 325 g/mol. The molecule has 1 aliphatic rings. The SMILES string of the molecule is Brc1ccccc1OCc1nc([C@H]2CCOC2)no1. The minimum Gasteiger partial charge on any atom is -0.483 e. The van der Waals surface area contributed by atoms with Crippen LogP contribution in [-0.2, 0) is 11.3 Å². The Morgan fingerprint density at radius 2 is 2.26 bits per heavy atom. The molecule has 5 nitrogen and oxygen atoms in total. The Morgan fingerprint density at radius 1 is 1.37 bits per heavy atom. The molecule has 1 aromatic carbocycles. The summed E-state index contributed by atoms with van der Waals surface area (Å²) in [4.78, 5) is 4.34. The van der Waals surface area contributed by atoms with Crippen LogP contribution >= 0.6 is 15.9 Å². The highest BCUT2D eigenvalue weighted by Crippen LogP contribution is 2.25. The van der Waals surface area contributed by atoms with Crippen molar-refractivity contribution in [1.82, 2.24) is 10.1 Å². The third kappa shape index (κ3) is 2.96. The van der Waals surface area contributed by atoms with E-state index in [4.69, 9.17) is 14.0 Å². The summed E-state index contributed by atoms with van der Waals surface area (Å²) in [6, 6.07) is 7.65. The van der Waals surface area contributed by atoms with Crippen molar-refractivity contribution in [2.24, 2.45) is 0 Å². The first kappa shape index (κ1) is 12.6. The molecule has 2 heterocycles. The minimum absolute atomic E-state index is 0.251. The van der Waals surface area contributed by atoms with Gasteiger partial charge in [0.2, 0.25) is 0 Å². The lowest BCUT2D eigenvalue weighted by atomic mass is 10.1. The van der Waals surface area contributed by atoms with Crippen LogP contribution in [0.25, 0.3) is 0 Å². The molecule has 0 N–H and O–H groups in total. The van der Waals surface area contributed by atoms with Crippen molar-refractivity contribution >= 4 is 15.9 Å². The van der Waals surface area contributed by atoms with Gasteiger partial charge in [-0.2, -0.15) is 4.98 Å². The normalized spacial score (nSPS) is 18.7. The maximum Gasteiger partial charge on any atom is 0.264 e. The molecule has 2 aromatic rings. The maximum atomic E-state index is 5.62. The number of halogens is 1. The first-order valence-electron chi connectivity index (χ1n) is 6.10. The zero-order valence-electron chi connectivity index (χ0n) is 10.2. The number of hydrogen-bond donors (Lipinski definition) is 0. The molecule has 6 heteroatoms. The predicted octanol–water partition coefficient (Wildman–Crippen LogP) is 2.92. The average Bonchev–Trinajstić information content (AvgIpc) is 3.09. The van der Waals surface area contributed by atoms with Crippen molar-refractivity contribution in [2.75, 3.05) is 13.2 Å². The summed E-state index contributed by atoms with van der Waals surface area (Å²) in [5.74, 6) is 2.20. The molecule has 1 fully saturated rings. The molecule has 0 spiro atoms. The molecule has 0 bridgehead atoms. The van der Waals surface area contributed by atoms with Gasteiger partial charge in [0.15, 0.2) is 12.4 Å². The Balaban J connectivity index is 1.63. The van der Waals surface area contributed by atoms with Crippen LogP contribution in [-0.4, -0.2) is 23.4 Å². The van der Waals surface area contributed by atoms with E-state index >= 15 is 0 Å². The third-order valence-corrected chi connectivity index (χ3v) is 3.62. The van der Waals surface area contributed by atoms with E-state index in [0.29, 0.717) is 18.3 Å². The van der Waals surface area contributed by atoms with Gasteiger partial charge in [0.1, 0.15) is 5.75 Å². The second kappa shape index (κ2) is 5.71. The van der Waals surface area contributed by atoms with Crippen molar-refractivity contribution < 1.29 is 14.0 Å². The molecule has 1 saturated heterocycles. The van der Waals surface area contributed by atoms with E-state index in [9.17, 15) is 0 Å². The van der Waals surface area contributed by atoms with Crippen LogP contribution in [0.2, 0.25) is 0 Å². The smallest absolute Gasteiger partial charge is 0.264 e. The van der Waals surface area contributed by atoms with Gasteiger partial charge in [0.05, 0.1) is 11.1 Å². The second-order valence-corrected chi connectivity index (χ2v) is 5.18. The summed E-state index contributed by atoms with van der Waals surface area (Å²) < 4.78 is 17.0. The van der Waals surface area contributed by atoms with E-state index in [0.717, 1.165) is 23.2 Å². The summed E-state index contributed by atoms with van der Waals surface area (Å²) in [7, 11) is 0. The van der Waals surface area contributed by atoms with Crippen LogP contribution < -0.4 is 4.74 Å². The molecule has 0 aliphatic carbocycles. The van der Waals surface area contributed by atoms with E-state index in [1.807, 2.05) is 24.3 Å². The molecular weight excluding hydrogens is 312 g/mol. The van der Waals surface area contributed by atoms with Gasteiger partial charge in [0.25, 0.3) is 5.89 Å². The Hall–Kier alpha value is -1.40. The lowest BCUT2D eigenvalue weighted by Gasteiger charge is -2.04. The zero-order valence-corrected chi connectivity index (χ0v) is 11.8. The van der Waals surface area contributed by atoms with Crippen molar-refractivity contribution in [3.63, 3.8) is 0 Å². The quantitative estimate of drug-likeness (QED) is 0.865. The number of aromatic nitrogens is 2. The summed E-state index contributed by atoms with van der Waals surface area (Å²) >= 11 is 3.42. The van der Waals surface area contributed by atoms with Gasteiger partial charge in [-0.3, -0.25) is 0 Å². The van der Waals surface area contributed by atoms with Gasteiger partial charge in [-0.15, -0.1) is 0 Å². The molecule has 0 unspecified atom stereocenters. The summed E-state index contributed by atoms with van der Waals surface area (Å²) in [6.07, 6.45) is 0.948. The van der Waals surface area contributed by atoms with E-state index in [1.165, 1.54) is 0 Å². The van der Waals surface area contributed by atoms with Crippen LogP contribution in [0.4, 0.5) is 0 Å². The fourth-order valence-electron chi connectivity index (χ4n) is 1.93. The molecule has 1 aromatic heterocycles. The van der Waals surface area contributed by atoms with Crippen molar-refractivity contribution in [3.8, 4) is 5.75 Å².